The fourth-order valence-electron chi connectivity index (χ4n) is 4.92. The van der Waals surface area contributed by atoms with Crippen LogP contribution in [0.3, 0.4) is 0 Å². The van der Waals surface area contributed by atoms with Crippen molar-refractivity contribution in [3.63, 3.8) is 0 Å². The van der Waals surface area contributed by atoms with Gasteiger partial charge in [-0.15, -0.1) is 0 Å². The highest BCUT2D eigenvalue weighted by atomic mass is 16.4. The first-order valence-electron chi connectivity index (χ1n) is 11.5. The Balaban J connectivity index is 1.60. The molecule has 2 saturated heterocycles. The van der Waals surface area contributed by atoms with Crippen LogP contribution in [-0.4, -0.2) is 84.7 Å². The van der Waals surface area contributed by atoms with Gasteiger partial charge in [0.05, 0.1) is 5.92 Å². The van der Waals surface area contributed by atoms with E-state index in [0.29, 0.717) is 37.9 Å². The number of nitrogens with zero attached hydrogens (tertiary/aromatic N) is 3. The quantitative estimate of drug-likeness (QED) is 0.634. The Bertz CT molecular complexity index is 802. The zero-order valence-electron chi connectivity index (χ0n) is 19.1. The summed E-state index contributed by atoms with van der Waals surface area (Å²) in [6, 6.07) is 7.57. The Morgan fingerprint density at radius 2 is 1.62 bits per heavy atom. The first-order chi connectivity index (χ1) is 15.2. The molecule has 8 heteroatoms. The highest BCUT2D eigenvalue weighted by Crippen LogP contribution is 2.31. The summed E-state index contributed by atoms with van der Waals surface area (Å²) >= 11 is 0. The topological polar surface area (TPSA) is 101 Å². The van der Waals surface area contributed by atoms with Gasteiger partial charge in [0.1, 0.15) is 0 Å². The molecule has 1 aromatic carbocycles. The lowest BCUT2D eigenvalue weighted by Crippen LogP contribution is -2.46. The third kappa shape index (κ3) is 6.22. The summed E-state index contributed by atoms with van der Waals surface area (Å²) in [5.41, 5.74) is 1.69. The first-order valence-corrected chi connectivity index (χ1v) is 11.5. The van der Waals surface area contributed by atoms with Gasteiger partial charge in [0.25, 0.3) is 5.91 Å². The fraction of sp³-hybridized carbons (Fsp3) is 0.625. The lowest BCUT2D eigenvalue weighted by atomic mass is 9.80. The van der Waals surface area contributed by atoms with E-state index in [9.17, 15) is 24.6 Å². The van der Waals surface area contributed by atoms with Gasteiger partial charge >= 0.3 is 11.9 Å². The molecule has 2 heterocycles. The number of carbonyl (C=O) groups excluding carboxylic acids is 1. The largest absolute Gasteiger partial charge is 0.481 e. The summed E-state index contributed by atoms with van der Waals surface area (Å²) < 4.78 is 0. The molecule has 1 aromatic rings. The number of hydrogen-bond acceptors (Lipinski definition) is 5. The molecule has 0 radical (unpaired) electrons. The van der Waals surface area contributed by atoms with E-state index in [2.05, 4.69) is 4.90 Å². The van der Waals surface area contributed by atoms with Crippen LogP contribution in [0, 0.1) is 17.8 Å². The number of anilines is 1. The summed E-state index contributed by atoms with van der Waals surface area (Å²) in [5.74, 6) is -1.58. The second-order valence-corrected chi connectivity index (χ2v) is 9.34. The maximum absolute atomic E-state index is 13.1. The van der Waals surface area contributed by atoms with E-state index < -0.39 is 11.9 Å². The molecule has 0 bridgehead atoms. The average molecular weight is 446 g/mol. The van der Waals surface area contributed by atoms with Gasteiger partial charge in [-0.05, 0) is 81.4 Å². The number of hydrogen-bond donors (Lipinski definition) is 2. The van der Waals surface area contributed by atoms with Crippen LogP contribution in [0.1, 0.15) is 42.5 Å². The molecule has 2 atom stereocenters. The van der Waals surface area contributed by atoms with E-state index in [1.165, 1.54) is 0 Å². The molecule has 0 aromatic heterocycles. The Kier molecular flexibility index (Phi) is 8.12. The molecular formula is C24H35N3O5. The predicted octanol–water partition coefficient (Wildman–Crippen LogP) is 2.49. The average Bonchev–Trinajstić information content (AvgIpc) is 2.78. The van der Waals surface area contributed by atoms with Crippen molar-refractivity contribution < 1.29 is 24.6 Å². The van der Waals surface area contributed by atoms with E-state index in [4.69, 9.17) is 0 Å². The minimum Gasteiger partial charge on any atom is -0.481 e. The normalized spacial score (nSPS) is 22.5. The SMILES string of the molecule is CN(C)c1ccc(C(=O)N2CC[C@@H](CC(=O)O)[C@@H](CCN3CCC(C(=O)O)CC3)C2)cc1. The summed E-state index contributed by atoms with van der Waals surface area (Å²) in [7, 11) is 3.91. The minimum absolute atomic E-state index is 0.00338. The third-order valence-electron chi connectivity index (χ3n) is 7.00. The molecule has 2 fully saturated rings. The Morgan fingerprint density at radius 3 is 2.19 bits per heavy atom. The van der Waals surface area contributed by atoms with Crippen molar-refractivity contribution in [2.75, 3.05) is 51.7 Å². The number of carbonyl (C=O) groups is 3. The molecule has 176 valence electrons. The molecule has 0 saturated carbocycles. The number of aliphatic carboxylic acids is 2. The third-order valence-corrected chi connectivity index (χ3v) is 7.00. The van der Waals surface area contributed by atoms with Crippen molar-refractivity contribution in [2.24, 2.45) is 17.8 Å². The summed E-state index contributed by atoms with van der Waals surface area (Å²) in [6.07, 6.45) is 2.96. The predicted molar refractivity (Wildman–Crippen MR) is 122 cm³/mol. The van der Waals surface area contributed by atoms with Crippen LogP contribution in [-0.2, 0) is 9.59 Å². The van der Waals surface area contributed by atoms with E-state index in [1.807, 2.05) is 48.2 Å². The van der Waals surface area contributed by atoms with Crippen LogP contribution in [0.25, 0.3) is 0 Å². The molecule has 32 heavy (non-hydrogen) atoms. The van der Waals surface area contributed by atoms with E-state index in [1.54, 1.807) is 0 Å². The zero-order chi connectivity index (χ0) is 23.3. The van der Waals surface area contributed by atoms with Crippen LogP contribution in [0.2, 0.25) is 0 Å². The molecule has 2 N–H and O–H groups in total. The summed E-state index contributed by atoms with van der Waals surface area (Å²) in [4.78, 5) is 41.8. The second kappa shape index (κ2) is 10.8. The Hall–Kier alpha value is -2.61. The number of likely N-dealkylation sites (tertiary alicyclic amines) is 2. The van der Waals surface area contributed by atoms with Crippen LogP contribution in [0.5, 0.6) is 0 Å². The maximum atomic E-state index is 13.1. The fourth-order valence-corrected chi connectivity index (χ4v) is 4.92. The smallest absolute Gasteiger partial charge is 0.306 e. The monoisotopic (exact) mass is 445 g/mol. The highest BCUT2D eigenvalue weighted by Gasteiger charge is 2.34. The summed E-state index contributed by atoms with van der Waals surface area (Å²) in [5, 5.41) is 18.5. The Labute approximate surface area is 189 Å². The van der Waals surface area contributed by atoms with Gasteiger partial charge in [0.2, 0.25) is 0 Å². The Morgan fingerprint density at radius 1 is 0.969 bits per heavy atom. The van der Waals surface area contributed by atoms with Crippen molar-refractivity contribution in [3.05, 3.63) is 29.8 Å². The minimum atomic E-state index is -0.790. The van der Waals surface area contributed by atoms with Crippen LogP contribution in [0.4, 0.5) is 5.69 Å². The number of carboxylic acid groups (broad SMARTS) is 2. The molecule has 3 rings (SSSR count). The van der Waals surface area contributed by atoms with E-state index >= 15 is 0 Å². The van der Waals surface area contributed by atoms with Crippen LogP contribution in [0.15, 0.2) is 24.3 Å². The molecule has 2 aliphatic heterocycles. The molecule has 1 amide bonds. The molecule has 0 unspecified atom stereocenters. The van der Waals surface area contributed by atoms with Crippen LogP contribution >= 0.6 is 0 Å². The number of rotatable bonds is 8. The molecule has 2 aliphatic rings. The molecule has 0 aliphatic carbocycles. The molecular weight excluding hydrogens is 410 g/mol. The maximum Gasteiger partial charge on any atom is 0.306 e. The number of carboxylic acids is 2. The lowest BCUT2D eigenvalue weighted by Gasteiger charge is -2.39. The van der Waals surface area contributed by atoms with Crippen molar-refractivity contribution in [1.82, 2.24) is 9.80 Å². The van der Waals surface area contributed by atoms with E-state index in [0.717, 1.165) is 31.7 Å². The number of amides is 1. The van der Waals surface area contributed by atoms with Gasteiger partial charge in [-0.1, -0.05) is 0 Å². The highest BCUT2D eigenvalue weighted by molar-refractivity contribution is 5.94. The van der Waals surface area contributed by atoms with Crippen molar-refractivity contribution in [1.29, 1.82) is 0 Å². The van der Waals surface area contributed by atoms with E-state index in [-0.39, 0.29) is 30.1 Å². The van der Waals surface area contributed by atoms with Gasteiger partial charge in [-0.3, -0.25) is 14.4 Å². The van der Waals surface area contributed by atoms with Crippen molar-refractivity contribution in [2.45, 2.75) is 32.1 Å². The van der Waals surface area contributed by atoms with Gasteiger partial charge in [0.15, 0.2) is 0 Å². The van der Waals surface area contributed by atoms with Crippen LogP contribution < -0.4 is 4.90 Å². The lowest BCUT2D eigenvalue weighted by molar-refractivity contribution is -0.143. The molecule has 8 nitrogen and oxygen atoms in total. The van der Waals surface area contributed by atoms with Crippen molar-refractivity contribution >= 4 is 23.5 Å². The molecule has 0 spiro atoms. The van der Waals surface area contributed by atoms with Crippen molar-refractivity contribution in [3.8, 4) is 0 Å². The zero-order valence-corrected chi connectivity index (χ0v) is 19.1. The number of piperidine rings is 2. The standard InChI is InChI=1S/C24H35N3O5/c1-25(2)21-5-3-17(4-6-21)23(30)27-14-10-19(15-22(28)29)20(16-27)9-13-26-11-7-18(8-12-26)24(31)32/h3-6,18-20H,7-16H2,1-2H3,(H,28,29)(H,31,32)/t19-,20-/m0/s1. The summed E-state index contributed by atoms with van der Waals surface area (Å²) in [6.45, 7) is 3.47. The van der Waals surface area contributed by atoms with Gasteiger partial charge in [-0.25, -0.2) is 0 Å². The second-order valence-electron chi connectivity index (χ2n) is 9.34. The number of benzene rings is 1. The first kappa shape index (κ1) is 24.0. The van der Waals surface area contributed by atoms with Gasteiger partial charge < -0.3 is 24.9 Å². The van der Waals surface area contributed by atoms with Gasteiger partial charge in [-0.2, -0.15) is 0 Å². The van der Waals surface area contributed by atoms with Gasteiger partial charge in [0, 0.05) is 44.9 Å².